The predicted octanol–water partition coefficient (Wildman–Crippen LogP) is 3.65. The quantitative estimate of drug-likeness (QED) is 0.595. The van der Waals surface area contributed by atoms with Crippen molar-refractivity contribution < 1.29 is 4.79 Å². The van der Waals surface area contributed by atoms with Crippen molar-refractivity contribution >= 4 is 50.2 Å². The van der Waals surface area contributed by atoms with Crippen LogP contribution >= 0.6 is 27.7 Å². The predicted molar refractivity (Wildman–Crippen MR) is 126 cm³/mol. The minimum Gasteiger partial charge on any atom is -0.324 e. The molecule has 0 aliphatic carbocycles. The van der Waals surface area contributed by atoms with Crippen LogP contribution in [0.1, 0.15) is 11.1 Å². The van der Waals surface area contributed by atoms with Gasteiger partial charge in [0.2, 0.25) is 5.91 Å². The lowest BCUT2D eigenvalue weighted by atomic mass is 10.1. The van der Waals surface area contributed by atoms with E-state index < -0.39 is 0 Å². The summed E-state index contributed by atoms with van der Waals surface area (Å²) in [5.74, 6) is 2.12. The number of amides is 1. The normalized spacial score (nSPS) is 14.7. The Morgan fingerprint density at radius 1 is 1.20 bits per heavy atom. The van der Waals surface area contributed by atoms with E-state index in [0.717, 1.165) is 35.4 Å². The summed E-state index contributed by atoms with van der Waals surface area (Å²) in [6.07, 6.45) is 1.42. The molecule has 4 rings (SSSR count). The highest BCUT2D eigenvalue weighted by molar-refractivity contribution is 9.10. The number of benzene rings is 2. The monoisotopic (exact) mass is 486 g/mol. The molecule has 1 aliphatic heterocycles. The third-order valence-corrected chi connectivity index (χ3v) is 6.61. The zero-order valence-corrected chi connectivity index (χ0v) is 19.1. The molecule has 0 radical (unpaired) electrons. The van der Waals surface area contributed by atoms with Crippen molar-refractivity contribution in [3.05, 3.63) is 68.7 Å². The Labute approximate surface area is 187 Å². The summed E-state index contributed by atoms with van der Waals surface area (Å²) in [5, 5.41) is 3.41. The van der Waals surface area contributed by atoms with Crippen LogP contribution in [0.2, 0.25) is 0 Å². The van der Waals surface area contributed by atoms with Gasteiger partial charge in [0.15, 0.2) is 0 Å². The Bertz CT molecular complexity index is 1140. The molecule has 1 fully saturated rings. The molecule has 3 aromatic rings. The van der Waals surface area contributed by atoms with Gasteiger partial charge in [-0.05, 0) is 42.3 Å². The second-order valence-electron chi connectivity index (χ2n) is 7.43. The van der Waals surface area contributed by atoms with Gasteiger partial charge in [-0.1, -0.05) is 28.1 Å². The standard InChI is InChI=1S/C22H23BrN4O2S/c1-15-10-16(12-26-6-8-30-9-7-26)2-4-19(15)25-21(28)13-27-14-24-20-5-3-17(23)11-18(20)22(27)29/h2-5,10-11,14H,6-9,12-13H2,1H3,(H,25,28). The molecule has 0 bridgehead atoms. The molecule has 156 valence electrons. The van der Waals surface area contributed by atoms with Crippen LogP contribution in [0.25, 0.3) is 10.9 Å². The topological polar surface area (TPSA) is 67.2 Å². The molecule has 2 aromatic carbocycles. The zero-order valence-electron chi connectivity index (χ0n) is 16.7. The van der Waals surface area contributed by atoms with Crippen LogP contribution in [0.3, 0.4) is 0 Å². The molecule has 2 heterocycles. The van der Waals surface area contributed by atoms with Crippen LogP contribution in [-0.2, 0) is 17.9 Å². The summed E-state index contributed by atoms with van der Waals surface area (Å²) < 4.78 is 2.14. The highest BCUT2D eigenvalue weighted by Crippen LogP contribution is 2.20. The summed E-state index contributed by atoms with van der Waals surface area (Å²) >= 11 is 5.38. The van der Waals surface area contributed by atoms with E-state index in [-0.39, 0.29) is 18.0 Å². The van der Waals surface area contributed by atoms with Crippen molar-refractivity contribution in [2.75, 3.05) is 29.9 Å². The second kappa shape index (κ2) is 9.32. The number of hydrogen-bond donors (Lipinski definition) is 1. The fourth-order valence-electron chi connectivity index (χ4n) is 3.57. The SMILES string of the molecule is Cc1cc(CN2CCSCC2)ccc1NC(=O)Cn1cnc2ccc(Br)cc2c1=O. The van der Waals surface area contributed by atoms with Crippen LogP contribution in [0.5, 0.6) is 0 Å². The van der Waals surface area contributed by atoms with Crippen LogP contribution < -0.4 is 10.9 Å². The van der Waals surface area contributed by atoms with Gasteiger partial charge in [-0.2, -0.15) is 11.8 Å². The van der Waals surface area contributed by atoms with E-state index in [0.29, 0.717) is 10.9 Å². The summed E-state index contributed by atoms with van der Waals surface area (Å²) in [6.45, 7) is 5.08. The molecule has 1 aromatic heterocycles. The Kier molecular flexibility index (Phi) is 6.55. The average molecular weight is 487 g/mol. The Morgan fingerprint density at radius 3 is 2.77 bits per heavy atom. The number of carbonyl (C=O) groups is 1. The number of thioether (sulfide) groups is 1. The summed E-state index contributed by atoms with van der Waals surface area (Å²) in [7, 11) is 0. The maximum Gasteiger partial charge on any atom is 0.261 e. The molecule has 1 N–H and O–H groups in total. The first-order valence-corrected chi connectivity index (χ1v) is 11.8. The third-order valence-electron chi connectivity index (χ3n) is 5.17. The zero-order chi connectivity index (χ0) is 21.1. The summed E-state index contributed by atoms with van der Waals surface area (Å²) in [4.78, 5) is 32.0. The number of aromatic nitrogens is 2. The van der Waals surface area contributed by atoms with Gasteiger partial charge in [0.1, 0.15) is 6.54 Å². The van der Waals surface area contributed by atoms with E-state index in [1.807, 2.05) is 30.8 Å². The van der Waals surface area contributed by atoms with Gasteiger partial charge in [-0.3, -0.25) is 19.1 Å². The molecular formula is C22H23BrN4O2S. The van der Waals surface area contributed by atoms with Crippen LogP contribution in [0.15, 0.2) is 52.0 Å². The average Bonchev–Trinajstić information content (AvgIpc) is 2.73. The van der Waals surface area contributed by atoms with Gasteiger partial charge in [-0.15, -0.1) is 0 Å². The number of hydrogen-bond acceptors (Lipinski definition) is 5. The van der Waals surface area contributed by atoms with Crippen molar-refractivity contribution in [3.8, 4) is 0 Å². The van der Waals surface area contributed by atoms with Crippen molar-refractivity contribution in [2.45, 2.75) is 20.0 Å². The molecule has 1 amide bonds. The number of aryl methyl sites for hydroxylation is 1. The Balaban J connectivity index is 1.44. The molecule has 0 spiro atoms. The number of nitrogens with one attached hydrogen (secondary N) is 1. The second-order valence-corrected chi connectivity index (χ2v) is 9.57. The highest BCUT2D eigenvalue weighted by atomic mass is 79.9. The smallest absolute Gasteiger partial charge is 0.261 e. The van der Waals surface area contributed by atoms with E-state index in [9.17, 15) is 9.59 Å². The van der Waals surface area contributed by atoms with E-state index in [4.69, 9.17) is 0 Å². The van der Waals surface area contributed by atoms with Crippen molar-refractivity contribution in [1.29, 1.82) is 0 Å². The number of carbonyl (C=O) groups excluding carboxylic acids is 1. The van der Waals surface area contributed by atoms with Gasteiger partial charge < -0.3 is 5.32 Å². The maximum absolute atomic E-state index is 12.7. The lowest BCUT2D eigenvalue weighted by Gasteiger charge is -2.26. The van der Waals surface area contributed by atoms with Gasteiger partial charge >= 0.3 is 0 Å². The fraction of sp³-hybridized carbons (Fsp3) is 0.318. The molecule has 1 aliphatic rings. The highest BCUT2D eigenvalue weighted by Gasteiger charge is 2.13. The van der Waals surface area contributed by atoms with Crippen LogP contribution in [-0.4, -0.2) is 45.0 Å². The number of anilines is 1. The van der Waals surface area contributed by atoms with Gasteiger partial charge in [0.05, 0.1) is 17.2 Å². The number of nitrogens with zero attached hydrogens (tertiary/aromatic N) is 3. The van der Waals surface area contributed by atoms with Gasteiger partial charge in [-0.25, -0.2) is 4.98 Å². The Morgan fingerprint density at radius 2 is 2.00 bits per heavy atom. The van der Waals surface area contributed by atoms with Crippen LogP contribution in [0, 0.1) is 6.92 Å². The number of rotatable bonds is 5. The van der Waals surface area contributed by atoms with Crippen molar-refractivity contribution in [3.63, 3.8) is 0 Å². The first kappa shape index (κ1) is 21.1. The molecule has 6 nitrogen and oxygen atoms in total. The minimum absolute atomic E-state index is 0.0824. The van der Waals surface area contributed by atoms with E-state index in [1.165, 1.54) is 28.0 Å². The lowest BCUT2D eigenvalue weighted by molar-refractivity contribution is -0.116. The minimum atomic E-state index is -0.253. The maximum atomic E-state index is 12.7. The van der Waals surface area contributed by atoms with Gasteiger partial charge in [0.25, 0.3) is 5.56 Å². The molecule has 8 heteroatoms. The van der Waals surface area contributed by atoms with Crippen LogP contribution in [0.4, 0.5) is 5.69 Å². The first-order chi connectivity index (χ1) is 14.5. The number of fused-ring (bicyclic) bond motifs is 1. The Hall–Kier alpha value is -2.16. The molecule has 1 saturated heterocycles. The summed E-state index contributed by atoms with van der Waals surface area (Å²) in [6, 6.07) is 11.5. The van der Waals surface area contributed by atoms with E-state index in [2.05, 4.69) is 43.3 Å². The van der Waals surface area contributed by atoms with E-state index in [1.54, 1.807) is 12.1 Å². The molecular weight excluding hydrogens is 464 g/mol. The fourth-order valence-corrected chi connectivity index (χ4v) is 4.91. The lowest BCUT2D eigenvalue weighted by Crippen LogP contribution is -2.32. The summed E-state index contributed by atoms with van der Waals surface area (Å²) in [5.41, 5.74) is 3.40. The molecule has 0 saturated carbocycles. The largest absolute Gasteiger partial charge is 0.324 e. The van der Waals surface area contributed by atoms with E-state index >= 15 is 0 Å². The van der Waals surface area contributed by atoms with Crippen molar-refractivity contribution in [1.82, 2.24) is 14.5 Å². The molecule has 0 unspecified atom stereocenters. The molecule has 30 heavy (non-hydrogen) atoms. The van der Waals surface area contributed by atoms with Crippen molar-refractivity contribution in [2.24, 2.45) is 0 Å². The third kappa shape index (κ3) is 4.94. The van der Waals surface area contributed by atoms with Gasteiger partial charge in [0, 0.05) is 41.3 Å². The first-order valence-electron chi connectivity index (χ1n) is 9.84. The molecule has 0 atom stereocenters. The number of halogens is 1.